The van der Waals surface area contributed by atoms with Gasteiger partial charge in [-0.25, -0.2) is 8.42 Å². The van der Waals surface area contributed by atoms with Gasteiger partial charge in [-0.1, -0.05) is 13.8 Å². The summed E-state index contributed by atoms with van der Waals surface area (Å²) in [6.45, 7) is 6.65. The standard InChI is InChI=1S/C17H25NO5S/c1-12(2)11-23-14-6-8-15(9-7-14)24(21,22)18-10-4-5-16(13(18)3)17(19)20/h6-9,12-13,16H,4-5,10-11H2,1-3H3,(H,19,20)/t13-,16-/m0/s1. The zero-order valence-electron chi connectivity index (χ0n) is 14.3. The van der Waals surface area contributed by atoms with E-state index < -0.39 is 28.0 Å². The van der Waals surface area contributed by atoms with Gasteiger partial charge >= 0.3 is 5.97 Å². The third-order valence-corrected chi connectivity index (χ3v) is 6.26. The lowest BCUT2D eigenvalue weighted by Crippen LogP contribution is -2.48. The molecule has 0 unspecified atom stereocenters. The van der Waals surface area contributed by atoms with E-state index in [1.54, 1.807) is 19.1 Å². The van der Waals surface area contributed by atoms with Crippen LogP contribution >= 0.6 is 0 Å². The van der Waals surface area contributed by atoms with Crippen LogP contribution in [0.15, 0.2) is 29.2 Å². The van der Waals surface area contributed by atoms with Gasteiger partial charge in [-0.15, -0.1) is 0 Å². The molecule has 0 saturated carbocycles. The minimum atomic E-state index is -3.71. The maximum atomic E-state index is 12.8. The van der Waals surface area contributed by atoms with E-state index >= 15 is 0 Å². The summed E-state index contributed by atoms with van der Waals surface area (Å²) in [7, 11) is -3.71. The predicted molar refractivity (Wildman–Crippen MR) is 90.5 cm³/mol. The lowest BCUT2D eigenvalue weighted by Gasteiger charge is -2.36. The monoisotopic (exact) mass is 355 g/mol. The topological polar surface area (TPSA) is 83.9 Å². The summed E-state index contributed by atoms with van der Waals surface area (Å²) < 4.78 is 32.5. The van der Waals surface area contributed by atoms with E-state index in [0.717, 1.165) is 0 Å². The van der Waals surface area contributed by atoms with Gasteiger partial charge in [-0.2, -0.15) is 4.31 Å². The highest BCUT2D eigenvalue weighted by molar-refractivity contribution is 7.89. The molecule has 6 nitrogen and oxygen atoms in total. The van der Waals surface area contributed by atoms with Crippen LogP contribution < -0.4 is 4.74 Å². The number of nitrogens with zero attached hydrogens (tertiary/aromatic N) is 1. The third-order valence-electron chi connectivity index (χ3n) is 4.26. The summed E-state index contributed by atoms with van der Waals surface area (Å²) in [5, 5.41) is 9.26. The first-order chi connectivity index (χ1) is 11.2. The molecule has 2 rings (SSSR count). The average molecular weight is 355 g/mol. The molecule has 1 aliphatic heterocycles. The lowest BCUT2D eigenvalue weighted by molar-refractivity contribution is -0.144. The number of ether oxygens (including phenoxy) is 1. The summed E-state index contributed by atoms with van der Waals surface area (Å²) >= 11 is 0. The van der Waals surface area contributed by atoms with E-state index in [4.69, 9.17) is 4.74 Å². The molecule has 0 bridgehead atoms. The van der Waals surface area contributed by atoms with E-state index in [1.165, 1.54) is 16.4 Å². The quantitative estimate of drug-likeness (QED) is 0.848. The van der Waals surface area contributed by atoms with E-state index in [1.807, 2.05) is 13.8 Å². The highest BCUT2D eigenvalue weighted by Crippen LogP contribution is 2.30. The number of carboxylic acids is 1. The van der Waals surface area contributed by atoms with Gasteiger partial charge in [0.15, 0.2) is 0 Å². The zero-order chi connectivity index (χ0) is 17.9. The highest BCUT2D eigenvalue weighted by Gasteiger charge is 2.39. The zero-order valence-corrected chi connectivity index (χ0v) is 15.1. The molecule has 1 saturated heterocycles. The first kappa shape index (κ1) is 18.7. The summed E-state index contributed by atoms with van der Waals surface area (Å²) in [4.78, 5) is 11.5. The number of piperidine rings is 1. The Morgan fingerprint density at radius 1 is 1.33 bits per heavy atom. The molecule has 1 aromatic carbocycles. The molecular formula is C17H25NO5S. The lowest BCUT2D eigenvalue weighted by atomic mass is 9.92. The Balaban J connectivity index is 2.18. The Morgan fingerprint density at radius 2 is 1.96 bits per heavy atom. The van der Waals surface area contributed by atoms with Gasteiger partial charge in [0.1, 0.15) is 5.75 Å². The third kappa shape index (κ3) is 4.08. The minimum Gasteiger partial charge on any atom is -0.493 e. The van der Waals surface area contributed by atoms with Gasteiger partial charge in [0.05, 0.1) is 17.4 Å². The van der Waals surface area contributed by atoms with Crippen molar-refractivity contribution in [3.8, 4) is 5.75 Å². The van der Waals surface area contributed by atoms with Gasteiger partial charge in [0.2, 0.25) is 10.0 Å². The molecule has 0 radical (unpaired) electrons. The predicted octanol–water partition coefficient (Wildman–Crippen LogP) is 2.60. The van der Waals surface area contributed by atoms with Crippen molar-refractivity contribution in [2.24, 2.45) is 11.8 Å². The molecule has 1 aromatic rings. The number of aliphatic carboxylic acids is 1. The smallest absolute Gasteiger partial charge is 0.308 e. The number of rotatable bonds is 6. The first-order valence-electron chi connectivity index (χ1n) is 8.21. The second-order valence-corrected chi connectivity index (χ2v) is 8.51. The summed E-state index contributed by atoms with van der Waals surface area (Å²) in [5.41, 5.74) is 0. The fourth-order valence-electron chi connectivity index (χ4n) is 2.89. The Hall–Kier alpha value is -1.60. The largest absolute Gasteiger partial charge is 0.493 e. The molecule has 0 amide bonds. The van der Waals surface area contributed by atoms with Crippen molar-refractivity contribution < 1.29 is 23.1 Å². The molecule has 1 heterocycles. The Morgan fingerprint density at radius 3 is 2.50 bits per heavy atom. The summed E-state index contributed by atoms with van der Waals surface area (Å²) in [6, 6.07) is 5.75. The van der Waals surface area contributed by atoms with E-state index in [9.17, 15) is 18.3 Å². The normalized spacial score (nSPS) is 22.5. The Kier molecular flexibility index (Phi) is 5.87. The summed E-state index contributed by atoms with van der Waals surface area (Å²) in [5.74, 6) is -0.602. The number of hydrogen-bond donors (Lipinski definition) is 1. The Bertz CT molecular complexity index is 669. The van der Waals surface area contributed by atoms with Crippen LogP contribution in [0.25, 0.3) is 0 Å². The molecule has 1 N–H and O–H groups in total. The van der Waals surface area contributed by atoms with E-state index in [0.29, 0.717) is 37.7 Å². The SMILES string of the molecule is CC(C)COc1ccc(S(=O)(=O)N2CCC[C@H](C(=O)O)[C@@H]2C)cc1. The molecule has 0 aliphatic carbocycles. The molecular weight excluding hydrogens is 330 g/mol. The number of benzene rings is 1. The van der Waals surface area contributed by atoms with Crippen molar-refractivity contribution in [1.82, 2.24) is 4.31 Å². The van der Waals surface area contributed by atoms with E-state index in [-0.39, 0.29) is 4.90 Å². The van der Waals surface area contributed by atoms with Crippen LogP contribution in [-0.2, 0) is 14.8 Å². The number of carboxylic acid groups (broad SMARTS) is 1. The van der Waals surface area contributed by atoms with Crippen LogP contribution in [0.5, 0.6) is 5.75 Å². The molecule has 134 valence electrons. The molecule has 1 aliphatic rings. The second-order valence-electron chi connectivity index (χ2n) is 6.62. The van der Waals surface area contributed by atoms with Crippen molar-refractivity contribution in [3.63, 3.8) is 0 Å². The molecule has 1 fully saturated rings. The number of hydrogen-bond acceptors (Lipinski definition) is 4. The van der Waals surface area contributed by atoms with Gasteiger partial charge in [-0.05, 0) is 49.9 Å². The van der Waals surface area contributed by atoms with Crippen LogP contribution in [0.2, 0.25) is 0 Å². The number of sulfonamides is 1. The molecule has 0 spiro atoms. The molecule has 0 aromatic heterocycles. The number of carbonyl (C=O) groups is 1. The maximum Gasteiger partial charge on any atom is 0.308 e. The molecule has 2 atom stereocenters. The summed E-state index contributed by atoms with van der Waals surface area (Å²) in [6.07, 6.45) is 1.06. The van der Waals surface area contributed by atoms with Gasteiger partial charge in [0.25, 0.3) is 0 Å². The molecule has 24 heavy (non-hydrogen) atoms. The van der Waals surface area contributed by atoms with Crippen LogP contribution in [0.1, 0.15) is 33.6 Å². The van der Waals surface area contributed by atoms with Gasteiger partial charge in [-0.3, -0.25) is 4.79 Å². The van der Waals surface area contributed by atoms with Crippen LogP contribution in [0.3, 0.4) is 0 Å². The minimum absolute atomic E-state index is 0.164. The van der Waals surface area contributed by atoms with Crippen molar-refractivity contribution in [1.29, 1.82) is 0 Å². The highest BCUT2D eigenvalue weighted by atomic mass is 32.2. The van der Waals surface area contributed by atoms with E-state index in [2.05, 4.69) is 0 Å². The van der Waals surface area contributed by atoms with Crippen LogP contribution in [0.4, 0.5) is 0 Å². The van der Waals surface area contributed by atoms with Crippen molar-refractivity contribution in [2.75, 3.05) is 13.2 Å². The van der Waals surface area contributed by atoms with Gasteiger partial charge in [0, 0.05) is 12.6 Å². The van der Waals surface area contributed by atoms with Crippen LogP contribution in [0, 0.1) is 11.8 Å². The van der Waals surface area contributed by atoms with Crippen LogP contribution in [-0.4, -0.2) is 43.0 Å². The Labute approximate surface area is 143 Å². The molecule has 7 heteroatoms. The average Bonchev–Trinajstić information content (AvgIpc) is 2.53. The fourth-order valence-corrected chi connectivity index (χ4v) is 4.59. The van der Waals surface area contributed by atoms with Crippen molar-refractivity contribution in [2.45, 2.75) is 44.6 Å². The fraction of sp³-hybridized carbons (Fsp3) is 0.588. The van der Waals surface area contributed by atoms with Crippen molar-refractivity contribution >= 4 is 16.0 Å². The first-order valence-corrected chi connectivity index (χ1v) is 9.65. The maximum absolute atomic E-state index is 12.8. The second kappa shape index (κ2) is 7.53. The van der Waals surface area contributed by atoms with Crippen molar-refractivity contribution in [3.05, 3.63) is 24.3 Å². The van der Waals surface area contributed by atoms with Gasteiger partial charge < -0.3 is 9.84 Å².